The third-order valence-corrected chi connectivity index (χ3v) is 4.04. The molecule has 0 bridgehead atoms. The number of imidazole rings is 1. The SMILES string of the molecule is C/C(=C/C(=N)c1cccc2ncoc12)c1ncc(C(=O)NC(C)C(F)(F)F)[nH]1. The molecule has 3 aromatic rings. The fourth-order valence-corrected chi connectivity index (χ4v) is 2.45. The number of alkyl halides is 3. The van der Waals surface area contributed by atoms with Gasteiger partial charge in [0.1, 0.15) is 23.1 Å². The van der Waals surface area contributed by atoms with E-state index in [0.717, 1.165) is 13.1 Å². The van der Waals surface area contributed by atoms with Crippen LogP contribution in [0.5, 0.6) is 0 Å². The third-order valence-electron chi connectivity index (χ3n) is 4.04. The van der Waals surface area contributed by atoms with Crippen LogP contribution in [0.4, 0.5) is 13.2 Å². The highest BCUT2D eigenvalue weighted by molar-refractivity contribution is 6.15. The fourth-order valence-electron chi connectivity index (χ4n) is 2.45. The van der Waals surface area contributed by atoms with E-state index in [4.69, 9.17) is 9.83 Å². The molecule has 0 saturated carbocycles. The molecule has 146 valence electrons. The molecule has 0 fully saturated rings. The van der Waals surface area contributed by atoms with E-state index >= 15 is 0 Å². The molecule has 7 nitrogen and oxygen atoms in total. The van der Waals surface area contributed by atoms with Crippen molar-refractivity contribution < 1.29 is 22.4 Å². The lowest BCUT2D eigenvalue weighted by Crippen LogP contribution is -2.43. The molecule has 1 unspecified atom stereocenters. The summed E-state index contributed by atoms with van der Waals surface area (Å²) in [6.45, 7) is 2.51. The van der Waals surface area contributed by atoms with Crippen molar-refractivity contribution in [3.8, 4) is 0 Å². The number of aromatic nitrogens is 3. The summed E-state index contributed by atoms with van der Waals surface area (Å²) in [5.74, 6) is -0.655. The van der Waals surface area contributed by atoms with Gasteiger partial charge in [0.25, 0.3) is 5.91 Å². The molecule has 0 aliphatic rings. The molecule has 0 aliphatic heterocycles. The van der Waals surface area contributed by atoms with Gasteiger partial charge in [0.05, 0.1) is 11.9 Å². The maximum Gasteiger partial charge on any atom is 0.408 e. The molecule has 1 amide bonds. The van der Waals surface area contributed by atoms with E-state index in [0.29, 0.717) is 22.2 Å². The minimum absolute atomic E-state index is 0.109. The Morgan fingerprint density at radius 3 is 2.82 bits per heavy atom. The number of benzene rings is 1. The Bertz CT molecular complexity index is 1060. The molecule has 2 heterocycles. The van der Waals surface area contributed by atoms with Crippen molar-refractivity contribution in [3.05, 3.63) is 53.9 Å². The molecule has 0 aliphatic carbocycles. The molecule has 10 heteroatoms. The number of amides is 1. The molecule has 0 spiro atoms. The summed E-state index contributed by atoms with van der Waals surface area (Å²) in [7, 11) is 0. The first-order chi connectivity index (χ1) is 13.2. The van der Waals surface area contributed by atoms with Gasteiger partial charge in [-0.1, -0.05) is 6.07 Å². The van der Waals surface area contributed by atoms with Gasteiger partial charge in [0, 0.05) is 5.56 Å². The Morgan fingerprint density at radius 1 is 1.36 bits per heavy atom. The van der Waals surface area contributed by atoms with Crippen molar-refractivity contribution in [3.63, 3.8) is 0 Å². The molecule has 1 atom stereocenters. The molecule has 0 saturated heterocycles. The maximum atomic E-state index is 12.6. The van der Waals surface area contributed by atoms with Crippen molar-refractivity contribution in [1.82, 2.24) is 20.3 Å². The lowest BCUT2D eigenvalue weighted by molar-refractivity contribution is -0.149. The van der Waals surface area contributed by atoms with Crippen LogP contribution in [0.1, 0.15) is 35.7 Å². The molecule has 1 aromatic carbocycles. The van der Waals surface area contributed by atoms with E-state index < -0.39 is 18.1 Å². The number of hydrogen-bond acceptors (Lipinski definition) is 5. The van der Waals surface area contributed by atoms with Crippen LogP contribution < -0.4 is 5.32 Å². The van der Waals surface area contributed by atoms with Crippen LogP contribution in [-0.2, 0) is 0 Å². The van der Waals surface area contributed by atoms with E-state index in [9.17, 15) is 18.0 Å². The van der Waals surface area contributed by atoms with Gasteiger partial charge in [-0.3, -0.25) is 4.79 Å². The second-order valence-corrected chi connectivity index (χ2v) is 6.13. The summed E-state index contributed by atoms with van der Waals surface area (Å²) in [6.07, 6.45) is -0.593. The first-order valence-corrected chi connectivity index (χ1v) is 8.19. The zero-order chi connectivity index (χ0) is 20.5. The lowest BCUT2D eigenvalue weighted by atomic mass is 10.1. The number of hydrogen-bond donors (Lipinski definition) is 3. The van der Waals surface area contributed by atoms with Gasteiger partial charge in [0.15, 0.2) is 12.0 Å². The van der Waals surface area contributed by atoms with E-state index in [1.54, 1.807) is 25.1 Å². The lowest BCUT2D eigenvalue weighted by Gasteiger charge is -2.16. The number of aromatic amines is 1. The van der Waals surface area contributed by atoms with E-state index in [1.807, 2.05) is 5.32 Å². The molecule has 2 aromatic heterocycles. The average Bonchev–Trinajstić information content (AvgIpc) is 3.29. The quantitative estimate of drug-likeness (QED) is 0.576. The van der Waals surface area contributed by atoms with Crippen LogP contribution in [0.15, 0.2) is 41.3 Å². The minimum Gasteiger partial charge on any atom is -0.443 e. The van der Waals surface area contributed by atoms with Gasteiger partial charge in [-0.2, -0.15) is 13.2 Å². The second-order valence-electron chi connectivity index (χ2n) is 6.13. The Balaban J connectivity index is 1.78. The topological polar surface area (TPSA) is 108 Å². The normalized spacial score (nSPS) is 13.5. The fraction of sp³-hybridized carbons (Fsp3) is 0.222. The highest BCUT2D eigenvalue weighted by Crippen LogP contribution is 2.21. The number of carbonyl (C=O) groups is 1. The number of nitrogens with zero attached hydrogens (tertiary/aromatic N) is 2. The van der Waals surface area contributed by atoms with Gasteiger partial charge in [-0.15, -0.1) is 0 Å². The molecule has 3 rings (SSSR count). The molecular formula is C18H16F3N5O2. The van der Waals surface area contributed by atoms with Crippen LogP contribution >= 0.6 is 0 Å². The van der Waals surface area contributed by atoms with Gasteiger partial charge < -0.3 is 20.1 Å². The Labute approximate surface area is 157 Å². The van der Waals surface area contributed by atoms with Gasteiger partial charge in [-0.05, 0) is 37.6 Å². The number of allylic oxidation sites excluding steroid dienone is 2. The number of fused-ring (bicyclic) bond motifs is 1. The Kier molecular flexibility index (Phi) is 5.04. The first-order valence-electron chi connectivity index (χ1n) is 8.19. The average molecular weight is 391 g/mol. The zero-order valence-corrected chi connectivity index (χ0v) is 14.9. The van der Waals surface area contributed by atoms with Crippen LogP contribution in [0.3, 0.4) is 0 Å². The largest absolute Gasteiger partial charge is 0.443 e. The van der Waals surface area contributed by atoms with Gasteiger partial charge in [0.2, 0.25) is 0 Å². The highest BCUT2D eigenvalue weighted by atomic mass is 19.4. The number of carbonyl (C=O) groups excluding carboxylic acids is 1. The molecule has 28 heavy (non-hydrogen) atoms. The first kappa shape index (κ1) is 19.3. The van der Waals surface area contributed by atoms with Gasteiger partial charge >= 0.3 is 6.18 Å². The van der Waals surface area contributed by atoms with E-state index in [-0.39, 0.29) is 17.2 Å². The zero-order valence-electron chi connectivity index (χ0n) is 14.9. The van der Waals surface area contributed by atoms with Crippen molar-refractivity contribution in [1.29, 1.82) is 5.41 Å². The third kappa shape index (κ3) is 3.95. The molecule has 0 radical (unpaired) electrons. The number of H-pyrrole nitrogens is 1. The highest BCUT2D eigenvalue weighted by Gasteiger charge is 2.37. The number of oxazole rings is 1. The second kappa shape index (κ2) is 7.29. The summed E-state index contributed by atoms with van der Waals surface area (Å²) in [5.41, 5.74) is 2.15. The van der Waals surface area contributed by atoms with Crippen LogP contribution in [-0.4, -0.2) is 38.8 Å². The van der Waals surface area contributed by atoms with Crippen molar-refractivity contribution >= 4 is 28.3 Å². The predicted molar refractivity (Wildman–Crippen MR) is 96.1 cm³/mol. The van der Waals surface area contributed by atoms with Crippen LogP contribution in [0, 0.1) is 5.41 Å². The van der Waals surface area contributed by atoms with E-state index in [1.165, 1.54) is 12.5 Å². The maximum absolute atomic E-state index is 12.6. The van der Waals surface area contributed by atoms with Crippen molar-refractivity contribution in [2.75, 3.05) is 0 Å². The monoisotopic (exact) mass is 391 g/mol. The Morgan fingerprint density at radius 2 is 2.11 bits per heavy atom. The van der Waals surface area contributed by atoms with Crippen LogP contribution in [0.2, 0.25) is 0 Å². The smallest absolute Gasteiger partial charge is 0.408 e. The minimum atomic E-state index is -4.54. The van der Waals surface area contributed by atoms with Crippen LogP contribution in [0.25, 0.3) is 16.7 Å². The van der Waals surface area contributed by atoms with Gasteiger partial charge in [-0.25, -0.2) is 9.97 Å². The number of nitrogens with one attached hydrogen (secondary N) is 3. The summed E-state index contributed by atoms with van der Waals surface area (Å²) in [6, 6.07) is 3.22. The number of rotatable bonds is 5. The summed E-state index contributed by atoms with van der Waals surface area (Å²) in [5, 5.41) is 10.1. The number of halogens is 3. The summed E-state index contributed by atoms with van der Waals surface area (Å²) < 4.78 is 43.0. The standard InChI is InChI=1S/C18H16F3N5O2/c1-9(6-12(22)11-4-3-5-13-15(11)28-8-24-13)16-23-7-14(26-16)17(27)25-10(2)18(19,20)21/h3-8,10,22H,1-2H3,(H,23,26)(H,25,27)/b9-6-,22-12?. The summed E-state index contributed by atoms with van der Waals surface area (Å²) >= 11 is 0. The van der Waals surface area contributed by atoms with Crippen molar-refractivity contribution in [2.45, 2.75) is 26.1 Å². The molecule has 3 N–H and O–H groups in total. The molecular weight excluding hydrogens is 375 g/mol. The van der Waals surface area contributed by atoms with Crippen molar-refractivity contribution in [2.24, 2.45) is 0 Å². The summed E-state index contributed by atoms with van der Waals surface area (Å²) in [4.78, 5) is 22.6. The number of para-hydroxylation sites is 1. The van der Waals surface area contributed by atoms with E-state index in [2.05, 4.69) is 15.0 Å². The predicted octanol–water partition coefficient (Wildman–Crippen LogP) is 3.70. The Hall–Kier alpha value is -3.43.